The zero-order valence-electron chi connectivity index (χ0n) is 16.5. The van der Waals surface area contributed by atoms with E-state index in [1.165, 1.54) is 29.1 Å². The number of fused-ring (bicyclic) bond motifs is 1. The van der Waals surface area contributed by atoms with Gasteiger partial charge in [-0.2, -0.15) is 13.2 Å². The Morgan fingerprint density at radius 3 is 2.56 bits per heavy atom. The number of rotatable bonds is 4. The monoisotopic (exact) mass is 477 g/mol. The zero-order valence-corrected chi connectivity index (χ0v) is 18.1. The van der Waals surface area contributed by atoms with E-state index in [1.54, 1.807) is 31.2 Å². The smallest absolute Gasteiger partial charge is 0.321 e. The molecule has 4 aromatic rings. The van der Waals surface area contributed by atoms with Crippen LogP contribution in [0.1, 0.15) is 26.4 Å². The number of anilines is 1. The van der Waals surface area contributed by atoms with Crippen molar-refractivity contribution in [3.8, 4) is 0 Å². The SMILES string of the molecule is Cc1c(C(=O)Nc2ccccc2C(F)(F)F)sc2ncn(Cc3ccccc3Cl)c(=O)c12. The van der Waals surface area contributed by atoms with Gasteiger partial charge in [0.05, 0.1) is 34.4 Å². The number of benzene rings is 2. The van der Waals surface area contributed by atoms with Crippen molar-refractivity contribution in [1.29, 1.82) is 0 Å². The third-order valence-corrected chi connectivity index (χ3v) is 6.47. The Balaban J connectivity index is 1.70. The highest BCUT2D eigenvalue weighted by Gasteiger charge is 2.34. The van der Waals surface area contributed by atoms with E-state index in [1.807, 2.05) is 0 Å². The minimum Gasteiger partial charge on any atom is -0.321 e. The summed E-state index contributed by atoms with van der Waals surface area (Å²) in [6.07, 6.45) is -3.25. The first-order valence-electron chi connectivity index (χ1n) is 9.36. The van der Waals surface area contributed by atoms with E-state index in [-0.39, 0.29) is 28.1 Å². The highest BCUT2D eigenvalue weighted by Crippen LogP contribution is 2.35. The van der Waals surface area contributed by atoms with E-state index in [0.717, 1.165) is 23.0 Å². The lowest BCUT2D eigenvalue weighted by Gasteiger charge is -2.13. The first-order chi connectivity index (χ1) is 15.2. The fourth-order valence-electron chi connectivity index (χ4n) is 3.32. The molecule has 0 atom stereocenters. The van der Waals surface area contributed by atoms with Crippen molar-refractivity contribution in [3.05, 3.63) is 91.8 Å². The molecule has 5 nitrogen and oxygen atoms in total. The van der Waals surface area contributed by atoms with Crippen molar-refractivity contribution in [2.24, 2.45) is 0 Å². The molecule has 0 aliphatic carbocycles. The number of para-hydroxylation sites is 1. The van der Waals surface area contributed by atoms with E-state index in [2.05, 4.69) is 10.3 Å². The number of nitrogens with one attached hydrogen (secondary N) is 1. The Labute approximate surface area is 189 Å². The Hall–Kier alpha value is -3.17. The van der Waals surface area contributed by atoms with E-state index in [9.17, 15) is 22.8 Å². The molecule has 0 aliphatic rings. The molecule has 0 radical (unpaired) electrons. The number of amides is 1. The number of hydrogen-bond donors (Lipinski definition) is 1. The van der Waals surface area contributed by atoms with Crippen molar-refractivity contribution in [2.45, 2.75) is 19.6 Å². The molecule has 164 valence electrons. The summed E-state index contributed by atoms with van der Waals surface area (Å²) in [6.45, 7) is 1.77. The number of aromatic nitrogens is 2. The van der Waals surface area contributed by atoms with Crippen LogP contribution in [-0.4, -0.2) is 15.5 Å². The average Bonchev–Trinajstić information content (AvgIpc) is 3.08. The minimum absolute atomic E-state index is 0.122. The molecule has 0 fully saturated rings. The van der Waals surface area contributed by atoms with Gasteiger partial charge in [0.25, 0.3) is 11.5 Å². The first kappa shape index (κ1) is 22.0. The predicted molar refractivity (Wildman–Crippen MR) is 119 cm³/mol. The Bertz CT molecular complexity index is 1400. The number of thiophene rings is 1. The normalized spacial score (nSPS) is 11.7. The van der Waals surface area contributed by atoms with E-state index in [0.29, 0.717) is 15.4 Å². The van der Waals surface area contributed by atoms with Crippen molar-refractivity contribution in [3.63, 3.8) is 0 Å². The summed E-state index contributed by atoms with van der Waals surface area (Å²) in [5.74, 6) is -0.737. The van der Waals surface area contributed by atoms with Crippen molar-refractivity contribution < 1.29 is 18.0 Å². The topological polar surface area (TPSA) is 64.0 Å². The van der Waals surface area contributed by atoms with Crippen LogP contribution in [0.25, 0.3) is 10.2 Å². The number of carbonyl (C=O) groups is 1. The van der Waals surface area contributed by atoms with Crippen LogP contribution in [0, 0.1) is 6.92 Å². The molecule has 32 heavy (non-hydrogen) atoms. The number of carbonyl (C=O) groups excluding carboxylic acids is 1. The molecule has 0 spiro atoms. The maximum absolute atomic E-state index is 13.2. The molecule has 2 aromatic heterocycles. The van der Waals surface area contributed by atoms with Gasteiger partial charge in [0, 0.05) is 5.02 Å². The van der Waals surface area contributed by atoms with Gasteiger partial charge in [-0.25, -0.2) is 4.98 Å². The van der Waals surface area contributed by atoms with Crippen LogP contribution in [0.4, 0.5) is 18.9 Å². The molecule has 0 unspecified atom stereocenters. The van der Waals surface area contributed by atoms with Gasteiger partial charge < -0.3 is 5.32 Å². The summed E-state index contributed by atoms with van der Waals surface area (Å²) < 4.78 is 41.1. The molecule has 2 aromatic carbocycles. The van der Waals surface area contributed by atoms with E-state index < -0.39 is 17.6 Å². The fraction of sp³-hybridized carbons (Fsp3) is 0.136. The number of halogens is 4. The van der Waals surface area contributed by atoms with Crippen LogP contribution in [0.15, 0.2) is 59.7 Å². The quantitative estimate of drug-likeness (QED) is 0.407. The van der Waals surface area contributed by atoms with Crippen LogP contribution in [0.5, 0.6) is 0 Å². The molecule has 0 aliphatic heterocycles. The van der Waals surface area contributed by atoms with Crippen LogP contribution >= 0.6 is 22.9 Å². The van der Waals surface area contributed by atoms with Gasteiger partial charge >= 0.3 is 6.18 Å². The number of nitrogens with zero attached hydrogens (tertiary/aromatic N) is 2. The van der Waals surface area contributed by atoms with E-state index in [4.69, 9.17) is 11.6 Å². The summed E-state index contributed by atoms with van der Waals surface area (Å²) in [4.78, 5) is 30.6. The summed E-state index contributed by atoms with van der Waals surface area (Å²) in [5.41, 5.74) is -0.582. The minimum atomic E-state index is -4.62. The lowest BCUT2D eigenvalue weighted by atomic mass is 10.1. The van der Waals surface area contributed by atoms with Gasteiger partial charge in [-0.1, -0.05) is 41.9 Å². The fourth-order valence-corrected chi connectivity index (χ4v) is 4.55. The standard InChI is InChI=1S/C22H15ClF3N3O2S/c1-12-17-20(27-11-29(21(17)31)10-13-6-2-4-8-15(13)23)32-18(12)19(30)28-16-9-5-3-7-14(16)22(24,25)26/h2-9,11H,10H2,1H3,(H,28,30). The summed E-state index contributed by atoms with van der Waals surface area (Å²) >= 11 is 7.13. The molecule has 2 heterocycles. The Kier molecular flexibility index (Phi) is 5.79. The van der Waals surface area contributed by atoms with Crippen molar-refractivity contribution in [2.75, 3.05) is 5.32 Å². The van der Waals surface area contributed by atoms with Gasteiger partial charge in [-0.05, 0) is 36.2 Å². The maximum Gasteiger partial charge on any atom is 0.418 e. The Morgan fingerprint density at radius 1 is 1.16 bits per heavy atom. The third-order valence-electron chi connectivity index (χ3n) is 4.90. The van der Waals surface area contributed by atoms with Crippen molar-refractivity contribution in [1.82, 2.24) is 9.55 Å². The first-order valence-corrected chi connectivity index (χ1v) is 10.6. The highest BCUT2D eigenvalue weighted by atomic mass is 35.5. The Morgan fingerprint density at radius 2 is 1.84 bits per heavy atom. The second-order valence-corrected chi connectivity index (χ2v) is 8.41. The van der Waals surface area contributed by atoms with Crippen LogP contribution < -0.4 is 10.9 Å². The molecule has 10 heteroatoms. The summed E-state index contributed by atoms with van der Waals surface area (Å²) in [7, 11) is 0. The van der Waals surface area contributed by atoms with Crippen LogP contribution in [0.3, 0.4) is 0 Å². The molecule has 4 rings (SSSR count). The average molecular weight is 478 g/mol. The van der Waals surface area contributed by atoms with E-state index >= 15 is 0 Å². The molecular formula is C22H15ClF3N3O2S. The van der Waals surface area contributed by atoms with Crippen molar-refractivity contribution >= 4 is 44.7 Å². The third kappa shape index (κ3) is 4.13. The summed E-state index contributed by atoms with van der Waals surface area (Å²) in [6, 6.07) is 11.8. The molecule has 0 saturated heterocycles. The number of aryl methyl sites for hydroxylation is 1. The lowest BCUT2D eigenvalue weighted by Crippen LogP contribution is -2.21. The maximum atomic E-state index is 13.2. The van der Waals surface area contributed by atoms with Gasteiger partial charge in [-0.15, -0.1) is 11.3 Å². The molecular weight excluding hydrogens is 463 g/mol. The highest BCUT2D eigenvalue weighted by molar-refractivity contribution is 7.20. The number of alkyl halides is 3. The van der Waals surface area contributed by atoms with Gasteiger partial charge in [0.2, 0.25) is 0 Å². The molecule has 0 bridgehead atoms. The van der Waals surface area contributed by atoms with Crippen LogP contribution in [0.2, 0.25) is 5.02 Å². The zero-order chi connectivity index (χ0) is 23.0. The molecule has 0 saturated carbocycles. The largest absolute Gasteiger partial charge is 0.418 e. The number of hydrogen-bond acceptors (Lipinski definition) is 4. The summed E-state index contributed by atoms with van der Waals surface area (Å²) in [5, 5.41) is 3.07. The second kappa shape index (κ2) is 8.40. The van der Waals surface area contributed by atoms with Gasteiger partial charge in [0.1, 0.15) is 4.83 Å². The molecule has 1 N–H and O–H groups in total. The van der Waals surface area contributed by atoms with Gasteiger partial charge in [0.15, 0.2) is 0 Å². The van der Waals surface area contributed by atoms with Crippen LogP contribution in [-0.2, 0) is 12.7 Å². The second-order valence-electron chi connectivity index (χ2n) is 7.00. The lowest BCUT2D eigenvalue weighted by molar-refractivity contribution is -0.136. The van der Waals surface area contributed by atoms with Gasteiger partial charge in [-0.3, -0.25) is 14.2 Å². The molecule has 1 amide bonds. The predicted octanol–water partition coefficient (Wildman–Crippen LogP) is 5.74.